The lowest BCUT2D eigenvalue weighted by molar-refractivity contribution is 0.0954. The molecule has 27 heavy (non-hydrogen) atoms. The molecule has 8 heteroatoms. The van der Waals surface area contributed by atoms with E-state index in [1.165, 1.54) is 6.07 Å². The van der Waals surface area contributed by atoms with Crippen LogP contribution in [0.4, 0.5) is 5.69 Å². The summed E-state index contributed by atoms with van der Waals surface area (Å²) < 4.78 is 36.3. The monoisotopic (exact) mass is 390 g/mol. The number of anilines is 1. The van der Waals surface area contributed by atoms with Gasteiger partial charge in [-0.05, 0) is 48.7 Å². The molecule has 1 aliphatic heterocycles. The molecule has 1 aliphatic rings. The van der Waals surface area contributed by atoms with E-state index in [4.69, 9.17) is 9.47 Å². The highest BCUT2D eigenvalue weighted by molar-refractivity contribution is 7.92. The molecule has 2 aromatic carbocycles. The lowest BCUT2D eigenvalue weighted by atomic mass is 10.1. The van der Waals surface area contributed by atoms with Crippen molar-refractivity contribution >= 4 is 21.6 Å². The van der Waals surface area contributed by atoms with Crippen LogP contribution in [0.2, 0.25) is 0 Å². The van der Waals surface area contributed by atoms with Crippen molar-refractivity contribution in [3.05, 3.63) is 53.1 Å². The smallest absolute Gasteiger partial charge is 0.251 e. The molecule has 0 atom stereocenters. The van der Waals surface area contributed by atoms with Gasteiger partial charge in [0.2, 0.25) is 10.0 Å². The van der Waals surface area contributed by atoms with Gasteiger partial charge in [-0.15, -0.1) is 0 Å². The van der Waals surface area contributed by atoms with Crippen LogP contribution in [0.5, 0.6) is 11.5 Å². The van der Waals surface area contributed by atoms with Crippen LogP contribution < -0.4 is 19.5 Å². The predicted molar refractivity (Wildman–Crippen MR) is 103 cm³/mol. The molecule has 0 saturated heterocycles. The van der Waals surface area contributed by atoms with Crippen molar-refractivity contribution in [1.82, 2.24) is 5.32 Å². The van der Waals surface area contributed by atoms with Crippen molar-refractivity contribution < 1.29 is 22.7 Å². The van der Waals surface area contributed by atoms with Gasteiger partial charge in [-0.1, -0.05) is 12.1 Å². The molecule has 0 unspecified atom stereocenters. The summed E-state index contributed by atoms with van der Waals surface area (Å²) in [6.07, 6.45) is 1.72. The Morgan fingerprint density at radius 1 is 1.07 bits per heavy atom. The van der Waals surface area contributed by atoms with Crippen molar-refractivity contribution in [3.63, 3.8) is 0 Å². The number of aryl methyl sites for hydroxylation is 1. The topological polar surface area (TPSA) is 93.7 Å². The number of carbonyl (C=O) groups is 1. The summed E-state index contributed by atoms with van der Waals surface area (Å²) in [5.74, 6) is 1.20. The molecule has 0 bridgehead atoms. The van der Waals surface area contributed by atoms with E-state index < -0.39 is 10.0 Å². The summed E-state index contributed by atoms with van der Waals surface area (Å²) in [5, 5.41) is 2.85. The average molecular weight is 390 g/mol. The van der Waals surface area contributed by atoms with Gasteiger partial charge in [0, 0.05) is 12.1 Å². The third kappa shape index (κ3) is 5.13. The maximum absolute atomic E-state index is 12.4. The fourth-order valence-electron chi connectivity index (χ4n) is 2.74. The van der Waals surface area contributed by atoms with E-state index >= 15 is 0 Å². The molecule has 2 aromatic rings. The van der Waals surface area contributed by atoms with Crippen LogP contribution in [0.1, 0.15) is 21.5 Å². The minimum atomic E-state index is -3.41. The molecule has 3 rings (SSSR count). The SMILES string of the molecule is Cc1ccc(C(=O)NCCc2ccc3c(c2)OCCO3)cc1NS(C)(=O)=O. The second-order valence-electron chi connectivity index (χ2n) is 6.39. The van der Waals surface area contributed by atoms with Crippen LogP contribution in [-0.2, 0) is 16.4 Å². The van der Waals surface area contributed by atoms with Crippen molar-refractivity contribution in [1.29, 1.82) is 0 Å². The predicted octanol–water partition coefficient (Wildman–Crippen LogP) is 2.11. The summed E-state index contributed by atoms with van der Waals surface area (Å²) in [4.78, 5) is 12.4. The lowest BCUT2D eigenvalue weighted by Crippen LogP contribution is -2.26. The van der Waals surface area contributed by atoms with E-state index in [0.717, 1.165) is 28.9 Å². The van der Waals surface area contributed by atoms with Gasteiger partial charge in [0.05, 0.1) is 11.9 Å². The number of hydrogen-bond donors (Lipinski definition) is 2. The standard InChI is InChI=1S/C19H22N2O5S/c1-13-3-5-15(12-16(13)21-27(2,23)24)19(22)20-8-7-14-4-6-17-18(11-14)26-10-9-25-17/h3-6,11-12,21H,7-10H2,1-2H3,(H,20,22). The zero-order valence-corrected chi connectivity index (χ0v) is 16.1. The number of carbonyl (C=O) groups excluding carboxylic acids is 1. The molecule has 7 nitrogen and oxygen atoms in total. The largest absolute Gasteiger partial charge is 0.486 e. The molecule has 0 aliphatic carbocycles. The van der Waals surface area contributed by atoms with Crippen LogP contribution in [0.3, 0.4) is 0 Å². The number of benzene rings is 2. The zero-order chi connectivity index (χ0) is 19.4. The molecule has 0 aromatic heterocycles. The molecule has 1 heterocycles. The highest BCUT2D eigenvalue weighted by Gasteiger charge is 2.13. The van der Waals surface area contributed by atoms with Gasteiger partial charge in [0.15, 0.2) is 11.5 Å². The first-order valence-corrected chi connectivity index (χ1v) is 10.5. The normalized spacial score (nSPS) is 13.1. The van der Waals surface area contributed by atoms with E-state index in [2.05, 4.69) is 10.0 Å². The number of fused-ring (bicyclic) bond motifs is 1. The highest BCUT2D eigenvalue weighted by atomic mass is 32.2. The number of sulfonamides is 1. The van der Waals surface area contributed by atoms with Crippen LogP contribution >= 0.6 is 0 Å². The van der Waals surface area contributed by atoms with Gasteiger partial charge in [0.1, 0.15) is 13.2 Å². The van der Waals surface area contributed by atoms with Crippen LogP contribution in [0.15, 0.2) is 36.4 Å². The fourth-order valence-corrected chi connectivity index (χ4v) is 3.36. The van der Waals surface area contributed by atoms with Crippen molar-refractivity contribution in [2.45, 2.75) is 13.3 Å². The van der Waals surface area contributed by atoms with E-state index in [9.17, 15) is 13.2 Å². The summed E-state index contributed by atoms with van der Waals surface area (Å²) in [5.41, 5.74) is 2.57. The van der Waals surface area contributed by atoms with Gasteiger partial charge >= 0.3 is 0 Å². The van der Waals surface area contributed by atoms with Gasteiger partial charge in [-0.2, -0.15) is 0 Å². The number of rotatable bonds is 6. The zero-order valence-electron chi connectivity index (χ0n) is 15.2. The molecule has 0 fully saturated rings. The fraction of sp³-hybridized carbons (Fsp3) is 0.316. The van der Waals surface area contributed by atoms with E-state index in [0.29, 0.717) is 37.4 Å². The first-order chi connectivity index (χ1) is 12.8. The number of nitrogens with one attached hydrogen (secondary N) is 2. The lowest BCUT2D eigenvalue weighted by Gasteiger charge is -2.18. The molecule has 1 amide bonds. The minimum absolute atomic E-state index is 0.260. The van der Waals surface area contributed by atoms with Gasteiger partial charge in [0.25, 0.3) is 5.91 Å². The van der Waals surface area contributed by atoms with E-state index in [-0.39, 0.29) is 5.91 Å². The first kappa shape index (κ1) is 19.0. The molecule has 144 valence electrons. The van der Waals surface area contributed by atoms with Gasteiger partial charge < -0.3 is 14.8 Å². The molecule has 0 spiro atoms. The van der Waals surface area contributed by atoms with E-state index in [1.54, 1.807) is 19.1 Å². The van der Waals surface area contributed by atoms with Crippen LogP contribution in [0, 0.1) is 6.92 Å². The number of ether oxygens (including phenoxy) is 2. The Kier molecular flexibility index (Phi) is 5.55. The molecule has 2 N–H and O–H groups in total. The van der Waals surface area contributed by atoms with Crippen molar-refractivity contribution in [2.75, 3.05) is 30.7 Å². The number of hydrogen-bond acceptors (Lipinski definition) is 5. The first-order valence-electron chi connectivity index (χ1n) is 8.57. The summed E-state index contributed by atoms with van der Waals surface area (Å²) in [7, 11) is -3.41. The second kappa shape index (κ2) is 7.87. The Hall–Kier alpha value is -2.74. The highest BCUT2D eigenvalue weighted by Crippen LogP contribution is 2.30. The second-order valence-corrected chi connectivity index (χ2v) is 8.14. The van der Waals surface area contributed by atoms with Crippen LogP contribution in [0.25, 0.3) is 0 Å². The minimum Gasteiger partial charge on any atom is -0.486 e. The average Bonchev–Trinajstić information content (AvgIpc) is 2.62. The number of amides is 1. The van der Waals surface area contributed by atoms with Gasteiger partial charge in [-0.3, -0.25) is 9.52 Å². The molecular formula is C19H22N2O5S. The third-order valence-corrected chi connectivity index (χ3v) is 4.69. The third-order valence-electron chi connectivity index (χ3n) is 4.10. The quantitative estimate of drug-likeness (QED) is 0.788. The van der Waals surface area contributed by atoms with Crippen molar-refractivity contribution in [3.8, 4) is 11.5 Å². The van der Waals surface area contributed by atoms with Gasteiger partial charge in [-0.25, -0.2) is 8.42 Å². The molecular weight excluding hydrogens is 368 g/mol. The Bertz CT molecular complexity index is 957. The Balaban J connectivity index is 1.60. The molecule has 0 radical (unpaired) electrons. The van der Waals surface area contributed by atoms with Crippen LogP contribution in [-0.4, -0.2) is 40.3 Å². The Labute approximate surface area is 158 Å². The summed E-state index contributed by atoms with van der Waals surface area (Å²) in [6.45, 7) is 3.30. The Morgan fingerprint density at radius 2 is 1.81 bits per heavy atom. The Morgan fingerprint density at radius 3 is 2.56 bits per heavy atom. The maximum atomic E-state index is 12.4. The molecule has 0 saturated carbocycles. The summed E-state index contributed by atoms with van der Waals surface area (Å²) >= 11 is 0. The van der Waals surface area contributed by atoms with E-state index in [1.807, 2.05) is 18.2 Å². The summed E-state index contributed by atoms with van der Waals surface area (Å²) in [6, 6.07) is 10.6. The van der Waals surface area contributed by atoms with Crippen molar-refractivity contribution in [2.24, 2.45) is 0 Å². The maximum Gasteiger partial charge on any atom is 0.251 e.